The van der Waals surface area contributed by atoms with Gasteiger partial charge in [0.2, 0.25) is 0 Å². The van der Waals surface area contributed by atoms with E-state index in [4.69, 9.17) is 9.47 Å². The molecule has 2 aliphatic rings. The van der Waals surface area contributed by atoms with Crippen LogP contribution in [0.2, 0.25) is 0 Å². The average molecular weight is 416 g/mol. The lowest BCUT2D eigenvalue weighted by Gasteiger charge is -2.43. The molecule has 1 fully saturated rings. The third-order valence-corrected chi connectivity index (χ3v) is 6.14. The highest BCUT2D eigenvalue weighted by atomic mass is 16.6. The molecule has 3 rings (SSSR count). The standard InChI is InChI=1S/C24H33NO5/c1-5-29-20(26)15-19-17-13-9-10-14-18(17)21(27)24(19,16-11-7-6-8-12-16)25-22(28)30-23(2,3)4/h9-10,13-14,16,19H,5-8,11-12,15H2,1-4H3,(H,25,28)/t19-,24-/m1/s1. The molecule has 0 aliphatic heterocycles. The molecular weight excluding hydrogens is 382 g/mol. The van der Waals surface area contributed by atoms with Crippen LogP contribution >= 0.6 is 0 Å². The number of carbonyl (C=O) groups is 3. The maximum atomic E-state index is 13.8. The molecule has 1 amide bonds. The Labute approximate surface area is 178 Å². The van der Waals surface area contributed by atoms with Crippen LogP contribution in [0.4, 0.5) is 4.79 Å². The van der Waals surface area contributed by atoms with E-state index < -0.39 is 23.2 Å². The van der Waals surface area contributed by atoms with Crippen LogP contribution in [0.25, 0.3) is 0 Å². The molecule has 0 unspecified atom stereocenters. The van der Waals surface area contributed by atoms with E-state index >= 15 is 0 Å². The normalized spacial score (nSPS) is 24.3. The second-order valence-corrected chi connectivity index (χ2v) is 9.31. The van der Waals surface area contributed by atoms with Gasteiger partial charge in [0.05, 0.1) is 13.0 Å². The van der Waals surface area contributed by atoms with Crippen molar-refractivity contribution in [3.05, 3.63) is 35.4 Å². The summed E-state index contributed by atoms with van der Waals surface area (Å²) >= 11 is 0. The number of rotatable bonds is 5. The third kappa shape index (κ3) is 4.37. The van der Waals surface area contributed by atoms with Gasteiger partial charge in [-0.3, -0.25) is 9.59 Å². The molecule has 0 radical (unpaired) electrons. The third-order valence-electron chi connectivity index (χ3n) is 6.14. The molecule has 0 heterocycles. The minimum Gasteiger partial charge on any atom is -0.466 e. The van der Waals surface area contributed by atoms with Crippen molar-refractivity contribution in [2.75, 3.05) is 6.61 Å². The fourth-order valence-electron chi connectivity index (χ4n) is 5.04. The van der Waals surface area contributed by atoms with Gasteiger partial charge < -0.3 is 14.8 Å². The van der Waals surface area contributed by atoms with Gasteiger partial charge >= 0.3 is 12.1 Å². The summed E-state index contributed by atoms with van der Waals surface area (Å²) in [5, 5.41) is 2.99. The predicted molar refractivity (Wildman–Crippen MR) is 113 cm³/mol. The van der Waals surface area contributed by atoms with Crippen LogP contribution in [-0.4, -0.2) is 35.6 Å². The summed E-state index contributed by atoms with van der Waals surface area (Å²) in [5.41, 5.74) is -0.507. The number of ether oxygens (including phenoxy) is 2. The topological polar surface area (TPSA) is 81.7 Å². The Morgan fingerprint density at radius 3 is 2.43 bits per heavy atom. The van der Waals surface area contributed by atoms with Gasteiger partial charge in [0.1, 0.15) is 11.1 Å². The van der Waals surface area contributed by atoms with Gasteiger partial charge in [0.15, 0.2) is 5.78 Å². The van der Waals surface area contributed by atoms with Gasteiger partial charge in [0, 0.05) is 11.5 Å². The number of esters is 1. The number of hydrogen-bond donors (Lipinski definition) is 1. The average Bonchev–Trinajstić information content (AvgIpc) is 2.91. The summed E-state index contributed by atoms with van der Waals surface area (Å²) in [6, 6.07) is 7.37. The molecule has 30 heavy (non-hydrogen) atoms. The van der Waals surface area contributed by atoms with Crippen LogP contribution in [0.5, 0.6) is 0 Å². The van der Waals surface area contributed by atoms with Crippen molar-refractivity contribution in [2.24, 2.45) is 5.92 Å². The highest BCUT2D eigenvalue weighted by Gasteiger charge is 2.59. The Morgan fingerprint density at radius 2 is 1.80 bits per heavy atom. The molecule has 2 atom stereocenters. The van der Waals surface area contributed by atoms with E-state index in [1.807, 2.05) is 18.2 Å². The summed E-state index contributed by atoms with van der Waals surface area (Å²) in [7, 11) is 0. The lowest BCUT2D eigenvalue weighted by Crippen LogP contribution is -2.61. The van der Waals surface area contributed by atoms with Crippen LogP contribution in [0.1, 0.15) is 88.1 Å². The fraction of sp³-hybridized carbons (Fsp3) is 0.625. The van der Waals surface area contributed by atoms with Gasteiger partial charge in [-0.05, 0) is 52.0 Å². The zero-order valence-electron chi connectivity index (χ0n) is 18.5. The Kier molecular flexibility index (Phi) is 6.53. The van der Waals surface area contributed by atoms with Gasteiger partial charge in [-0.25, -0.2) is 4.79 Å². The monoisotopic (exact) mass is 415 g/mol. The lowest BCUT2D eigenvalue weighted by atomic mass is 9.67. The van der Waals surface area contributed by atoms with Crippen molar-refractivity contribution in [2.45, 2.75) is 83.3 Å². The van der Waals surface area contributed by atoms with Crippen LogP contribution < -0.4 is 5.32 Å². The molecule has 6 heteroatoms. The van der Waals surface area contributed by atoms with Crippen molar-refractivity contribution in [1.82, 2.24) is 5.32 Å². The van der Waals surface area contributed by atoms with Crippen molar-refractivity contribution in [3.63, 3.8) is 0 Å². The molecule has 1 aromatic rings. The fourth-order valence-corrected chi connectivity index (χ4v) is 5.04. The van der Waals surface area contributed by atoms with Gasteiger partial charge in [-0.2, -0.15) is 0 Å². The Morgan fingerprint density at radius 1 is 1.13 bits per heavy atom. The number of nitrogens with one attached hydrogen (secondary N) is 1. The van der Waals surface area contributed by atoms with Crippen molar-refractivity contribution < 1.29 is 23.9 Å². The number of fused-ring (bicyclic) bond motifs is 1. The molecule has 6 nitrogen and oxygen atoms in total. The van der Waals surface area contributed by atoms with Crippen LogP contribution in [0.3, 0.4) is 0 Å². The molecule has 0 bridgehead atoms. The zero-order chi connectivity index (χ0) is 21.9. The predicted octanol–water partition coefficient (Wildman–Crippen LogP) is 4.76. The molecule has 0 aromatic heterocycles. The van der Waals surface area contributed by atoms with Crippen molar-refractivity contribution in [1.29, 1.82) is 0 Å². The minimum absolute atomic E-state index is 0.0445. The first-order chi connectivity index (χ1) is 14.2. The number of carbonyl (C=O) groups excluding carboxylic acids is 3. The summed E-state index contributed by atoms with van der Waals surface area (Å²) < 4.78 is 10.8. The van der Waals surface area contributed by atoms with E-state index in [9.17, 15) is 14.4 Å². The smallest absolute Gasteiger partial charge is 0.408 e. The molecule has 1 saturated carbocycles. The van der Waals surface area contributed by atoms with E-state index in [1.165, 1.54) is 0 Å². The van der Waals surface area contributed by atoms with E-state index in [1.54, 1.807) is 33.8 Å². The molecule has 0 spiro atoms. The van der Waals surface area contributed by atoms with E-state index in [-0.39, 0.29) is 30.7 Å². The summed E-state index contributed by atoms with van der Waals surface area (Å²) in [6.45, 7) is 7.42. The van der Waals surface area contributed by atoms with Crippen LogP contribution in [0, 0.1) is 5.92 Å². The maximum Gasteiger partial charge on any atom is 0.408 e. The second kappa shape index (κ2) is 8.78. The molecular formula is C24H33NO5. The van der Waals surface area contributed by atoms with Crippen molar-refractivity contribution >= 4 is 17.8 Å². The molecule has 0 saturated heterocycles. The van der Waals surface area contributed by atoms with Crippen LogP contribution in [0.15, 0.2) is 24.3 Å². The first kappa shape index (κ1) is 22.3. The van der Waals surface area contributed by atoms with Crippen LogP contribution in [-0.2, 0) is 14.3 Å². The SMILES string of the molecule is CCOC(=O)C[C@@H]1c2ccccc2C(=O)[C@@]1(NC(=O)OC(C)(C)C)C1CCCCC1. The molecule has 2 aliphatic carbocycles. The quantitative estimate of drug-likeness (QED) is 0.701. The van der Waals surface area contributed by atoms with Gasteiger partial charge in [-0.1, -0.05) is 43.5 Å². The van der Waals surface area contributed by atoms with E-state index in [0.717, 1.165) is 37.7 Å². The van der Waals surface area contributed by atoms with Crippen molar-refractivity contribution in [3.8, 4) is 0 Å². The Balaban J connectivity index is 2.07. The summed E-state index contributed by atoms with van der Waals surface area (Å²) in [4.78, 5) is 39.3. The second-order valence-electron chi connectivity index (χ2n) is 9.31. The summed E-state index contributed by atoms with van der Waals surface area (Å²) in [5.74, 6) is -1.02. The molecule has 1 aromatic carbocycles. The molecule has 164 valence electrons. The number of amides is 1. The highest BCUT2D eigenvalue weighted by molar-refractivity contribution is 6.10. The number of hydrogen-bond acceptors (Lipinski definition) is 5. The zero-order valence-corrected chi connectivity index (χ0v) is 18.5. The Bertz CT molecular complexity index is 806. The largest absolute Gasteiger partial charge is 0.466 e. The number of alkyl carbamates (subject to hydrolysis) is 1. The minimum atomic E-state index is -1.20. The lowest BCUT2D eigenvalue weighted by molar-refractivity contribution is -0.144. The Hall–Kier alpha value is -2.37. The highest BCUT2D eigenvalue weighted by Crippen LogP contribution is 2.50. The number of Topliss-reactive ketones (excluding diaryl/α,β-unsaturated/α-hetero) is 1. The van der Waals surface area contributed by atoms with E-state index in [0.29, 0.717) is 5.56 Å². The van der Waals surface area contributed by atoms with E-state index in [2.05, 4.69) is 5.32 Å². The summed E-state index contributed by atoms with van der Waals surface area (Å²) in [6.07, 6.45) is 4.19. The number of ketones is 1. The molecule has 1 N–H and O–H groups in total. The number of benzene rings is 1. The van der Waals surface area contributed by atoms with Gasteiger partial charge in [-0.15, -0.1) is 0 Å². The first-order valence-electron chi connectivity index (χ1n) is 11.0. The van der Waals surface area contributed by atoms with Gasteiger partial charge in [0.25, 0.3) is 0 Å². The maximum absolute atomic E-state index is 13.8. The first-order valence-corrected chi connectivity index (χ1v) is 11.0.